The van der Waals surface area contributed by atoms with Gasteiger partial charge in [0.25, 0.3) is 5.69 Å². The van der Waals surface area contributed by atoms with Crippen LogP contribution < -0.4 is 4.74 Å². The van der Waals surface area contributed by atoms with Crippen molar-refractivity contribution in [3.05, 3.63) is 33.9 Å². The molecule has 0 saturated heterocycles. The summed E-state index contributed by atoms with van der Waals surface area (Å²) in [5, 5.41) is 38.7. The van der Waals surface area contributed by atoms with Crippen molar-refractivity contribution < 1.29 is 19.9 Å². The van der Waals surface area contributed by atoms with E-state index in [0.717, 1.165) is 6.07 Å². The summed E-state index contributed by atoms with van der Waals surface area (Å²) in [5.74, 6) is 0.248. The molecule has 0 bridgehead atoms. The van der Waals surface area contributed by atoms with E-state index >= 15 is 0 Å². The third kappa shape index (κ3) is 3.64. The van der Waals surface area contributed by atoms with Crippen molar-refractivity contribution in [2.45, 2.75) is 25.6 Å². The fraction of sp³-hybridized carbons (Fsp3) is 0.417. The molecule has 0 spiro atoms. The van der Waals surface area contributed by atoms with E-state index < -0.39 is 17.1 Å². The van der Waals surface area contributed by atoms with E-state index in [-0.39, 0.29) is 23.4 Å². The molecule has 0 aliphatic carbocycles. The number of aliphatic hydroxyl groups excluding tert-OH is 2. The van der Waals surface area contributed by atoms with Gasteiger partial charge in [-0.3, -0.25) is 10.1 Å². The van der Waals surface area contributed by atoms with Gasteiger partial charge in [0, 0.05) is 17.7 Å². The molecule has 0 saturated carbocycles. The summed E-state index contributed by atoms with van der Waals surface area (Å²) in [6, 6.07) is 5.47. The average molecular weight is 266 g/mol. The van der Waals surface area contributed by atoms with Gasteiger partial charge in [-0.25, -0.2) is 0 Å². The summed E-state index contributed by atoms with van der Waals surface area (Å²) < 4.78 is 5.24. The second-order valence-corrected chi connectivity index (χ2v) is 3.79. The highest BCUT2D eigenvalue weighted by atomic mass is 16.6. The second-order valence-electron chi connectivity index (χ2n) is 3.79. The normalized spacial score (nSPS) is 13.4. The molecule has 7 nitrogen and oxygen atoms in total. The van der Waals surface area contributed by atoms with E-state index in [1.54, 1.807) is 13.0 Å². The molecule has 1 aromatic rings. The number of hydrogen-bond donors (Lipinski definition) is 2. The zero-order valence-electron chi connectivity index (χ0n) is 10.3. The van der Waals surface area contributed by atoms with Gasteiger partial charge in [0.15, 0.2) is 0 Å². The van der Waals surface area contributed by atoms with Crippen molar-refractivity contribution in [1.29, 1.82) is 5.26 Å². The monoisotopic (exact) mass is 266 g/mol. The molecule has 0 heterocycles. The van der Waals surface area contributed by atoms with Crippen LogP contribution in [0.3, 0.4) is 0 Å². The molecule has 2 unspecified atom stereocenters. The molecule has 0 aromatic heterocycles. The number of nitriles is 1. The maximum atomic E-state index is 10.7. The van der Waals surface area contributed by atoms with Crippen molar-refractivity contribution >= 4 is 5.69 Å². The number of nitrogens with zero attached hydrogens (tertiary/aromatic N) is 2. The lowest BCUT2D eigenvalue weighted by Crippen LogP contribution is -2.18. The van der Waals surface area contributed by atoms with Gasteiger partial charge < -0.3 is 14.9 Å². The first-order valence-corrected chi connectivity index (χ1v) is 5.65. The minimum absolute atomic E-state index is 0.0961. The highest BCUT2D eigenvalue weighted by molar-refractivity contribution is 5.45. The van der Waals surface area contributed by atoms with Crippen LogP contribution in [0, 0.1) is 21.4 Å². The zero-order valence-corrected chi connectivity index (χ0v) is 10.3. The van der Waals surface area contributed by atoms with Crippen LogP contribution in [-0.4, -0.2) is 27.8 Å². The first kappa shape index (κ1) is 14.9. The fourth-order valence-corrected chi connectivity index (χ4v) is 1.58. The molecule has 19 heavy (non-hydrogen) atoms. The quantitative estimate of drug-likeness (QED) is 0.592. The molecule has 1 aromatic carbocycles. The van der Waals surface area contributed by atoms with E-state index in [1.807, 2.05) is 0 Å². The van der Waals surface area contributed by atoms with Gasteiger partial charge in [0.05, 0.1) is 30.1 Å². The summed E-state index contributed by atoms with van der Waals surface area (Å²) in [7, 11) is 0. The first-order valence-electron chi connectivity index (χ1n) is 5.65. The predicted octanol–water partition coefficient (Wildman–Crippen LogP) is 1.30. The largest absolute Gasteiger partial charge is 0.493 e. The summed E-state index contributed by atoms with van der Waals surface area (Å²) in [4.78, 5) is 10.1. The minimum Gasteiger partial charge on any atom is -0.493 e. The molecule has 0 amide bonds. The van der Waals surface area contributed by atoms with Gasteiger partial charge in [-0.2, -0.15) is 5.26 Å². The Balaban J connectivity index is 3.16. The second kappa shape index (κ2) is 6.68. The first-order chi connectivity index (χ1) is 9.01. The Kier molecular flexibility index (Phi) is 5.23. The molecule has 2 atom stereocenters. The fourth-order valence-electron chi connectivity index (χ4n) is 1.58. The van der Waals surface area contributed by atoms with Crippen molar-refractivity contribution in [2.75, 3.05) is 6.61 Å². The molecule has 0 fully saturated rings. The van der Waals surface area contributed by atoms with Crippen molar-refractivity contribution in [2.24, 2.45) is 0 Å². The summed E-state index contributed by atoms with van der Waals surface area (Å²) in [6.07, 6.45) is -3.03. The van der Waals surface area contributed by atoms with Crippen LogP contribution in [0.2, 0.25) is 0 Å². The van der Waals surface area contributed by atoms with E-state index in [2.05, 4.69) is 0 Å². The number of non-ortho nitro benzene ring substituents is 1. The van der Waals surface area contributed by atoms with Crippen molar-refractivity contribution in [3.8, 4) is 11.8 Å². The number of nitro benzene ring substituents is 1. The zero-order chi connectivity index (χ0) is 14.4. The van der Waals surface area contributed by atoms with Gasteiger partial charge in [-0.05, 0) is 13.0 Å². The summed E-state index contributed by atoms with van der Waals surface area (Å²) >= 11 is 0. The number of ether oxygens (including phenoxy) is 1. The van der Waals surface area contributed by atoms with Crippen LogP contribution in [-0.2, 0) is 0 Å². The van der Waals surface area contributed by atoms with Crippen LogP contribution in [0.15, 0.2) is 18.2 Å². The average Bonchev–Trinajstić information content (AvgIpc) is 2.38. The van der Waals surface area contributed by atoms with Crippen LogP contribution in [0.5, 0.6) is 5.75 Å². The van der Waals surface area contributed by atoms with Gasteiger partial charge in [-0.15, -0.1) is 0 Å². The Morgan fingerprint density at radius 1 is 1.53 bits per heavy atom. The maximum absolute atomic E-state index is 10.7. The van der Waals surface area contributed by atoms with Gasteiger partial charge >= 0.3 is 0 Å². The van der Waals surface area contributed by atoms with Crippen LogP contribution >= 0.6 is 0 Å². The number of aliphatic hydroxyl groups is 2. The molecular formula is C12H14N2O5. The van der Waals surface area contributed by atoms with Gasteiger partial charge in [0.1, 0.15) is 11.9 Å². The Labute approximate surface area is 109 Å². The van der Waals surface area contributed by atoms with Crippen molar-refractivity contribution in [3.63, 3.8) is 0 Å². The summed E-state index contributed by atoms with van der Waals surface area (Å²) in [5.41, 5.74) is -0.125. The molecule has 0 aliphatic rings. The number of benzene rings is 1. The number of rotatable bonds is 6. The van der Waals surface area contributed by atoms with E-state index in [9.17, 15) is 20.3 Å². The Hall–Kier alpha value is -2.17. The molecule has 2 N–H and O–H groups in total. The Morgan fingerprint density at radius 2 is 2.21 bits per heavy atom. The van der Waals surface area contributed by atoms with Crippen molar-refractivity contribution in [1.82, 2.24) is 0 Å². The molecule has 0 aliphatic heterocycles. The third-order valence-electron chi connectivity index (χ3n) is 2.49. The number of hydrogen-bond acceptors (Lipinski definition) is 6. The Morgan fingerprint density at radius 3 is 2.74 bits per heavy atom. The third-order valence-corrected chi connectivity index (χ3v) is 2.49. The molecular weight excluding hydrogens is 252 g/mol. The smallest absolute Gasteiger partial charge is 0.270 e. The SMILES string of the molecule is CCOc1ccc([N+](=O)[O-])cc1C(O)C(O)CC#N. The van der Waals surface area contributed by atoms with Gasteiger partial charge in [0.2, 0.25) is 0 Å². The lowest BCUT2D eigenvalue weighted by molar-refractivity contribution is -0.385. The van der Waals surface area contributed by atoms with Crippen LogP contribution in [0.1, 0.15) is 25.0 Å². The summed E-state index contributed by atoms with van der Waals surface area (Å²) in [6.45, 7) is 2.04. The minimum atomic E-state index is -1.42. The van der Waals surface area contributed by atoms with Crippen LogP contribution in [0.25, 0.3) is 0 Å². The molecule has 7 heteroatoms. The lowest BCUT2D eigenvalue weighted by atomic mass is 10.0. The van der Waals surface area contributed by atoms with Crippen LogP contribution in [0.4, 0.5) is 5.69 Å². The van der Waals surface area contributed by atoms with Gasteiger partial charge in [-0.1, -0.05) is 0 Å². The topological polar surface area (TPSA) is 117 Å². The van der Waals surface area contributed by atoms with E-state index in [4.69, 9.17) is 10.00 Å². The Bertz CT molecular complexity index is 497. The molecule has 102 valence electrons. The lowest BCUT2D eigenvalue weighted by Gasteiger charge is -2.18. The molecule has 0 radical (unpaired) electrons. The maximum Gasteiger partial charge on any atom is 0.270 e. The molecule has 1 rings (SSSR count). The highest BCUT2D eigenvalue weighted by Crippen LogP contribution is 2.31. The van der Waals surface area contributed by atoms with E-state index in [1.165, 1.54) is 12.1 Å². The standard InChI is InChI=1S/C12H14N2O5/c1-2-19-11-4-3-8(14(17)18)7-9(11)12(16)10(15)5-6-13/h3-4,7,10,12,15-16H,2,5H2,1H3. The predicted molar refractivity (Wildman–Crippen MR) is 65.5 cm³/mol. The number of nitro groups is 1. The van der Waals surface area contributed by atoms with E-state index in [0.29, 0.717) is 6.61 Å². The highest BCUT2D eigenvalue weighted by Gasteiger charge is 2.24.